The number of fused-ring (bicyclic) bond motifs is 4. The van der Waals surface area contributed by atoms with Gasteiger partial charge < -0.3 is 20.3 Å². The van der Waals surface area contributed by atoms with Crippen LogP contribution in [0, 0.1) is 23.0 Å². The van der Waals surface area contributed by atoms with Crippen LogP contribution in [-0.2, 0) is 0 Å². The smallest absolute Gasteiger partial charge is 0.346 e. The number of halogens is 4. The Bertz CT molecular complexity index is 2300. The molecule has 0 radical (unpaired) electrons. The van der Waals surface area contributed by atoms with Gasteiger partial charge in [-0.15, -0.1) is 11.3 Å². The van der Waals surface area contributed by atoms with Crippen LogP contribution in [0.1, 0.15) is 44.1 Å². The number of nitrogen functional groups attached to an aromatic ring is 1. The van der Waals surface area contributed by atoms with E-state index in [9.17, 15) is 18.8 Å². The van der Waals surface area contributed by atoms with E-state index in [1.54, 1.807) is 11.0 Å². The minimum atomic E-state index is -0.966. The summed E-state index contributed by atoms with van der Waals surface area (Å²) in [7, 11) is 0. The van der Waals surface area contributed by atoms with Crippen LogP contribution in [0.15, 0.2) is 30.9 Å². The number of aromatic nitrogens is 5. The molecule has 2 aromatic carbocycles. The number of ether oxygens (including phenoxy) is 1. The molecular formula is C35H32ClF3N10O2S. The van der Waals surface area contributed by atoms with Crippen molar-refractivity contribution in [2.75, 3.05) is 43.4 Å². The summed E-state index contributed by atoms with van der Waals surface area (Å²) in [4.78, 5) is 32.8. The molecule has 17 heteroatoms. The lowest BCUT2D eigenvalue weighted by atomic mass is 9.95. The Morgan fingerprint density at radius 2 is 2.04 bits per heavy atom. The third-order valence-corrected chi connectivity index (χ3v) is 12.5. The average Bonchev–Trinajstić information content (AvgIpc) is 3.97. The van der Waals surface area contributed by atoms with Crippen LogP contribution in [0.4, 0.5) is 28.8 Å². The maximum atomic E-state index is 17.2. The Hall–Kier alpha value is -4.72. The first-order valence-corrected chi connectivity index (χ1v) is 18.4. The third-order valence-electron chi connectivity index (χ3n) is 11.2. The van der Waals surface area contributed by atoms with Crippen molar-refractivity contribution >= 4 is 60.8 Å². The SMILES string of the molecule is N#Cc1c(N)sc2c(F)ccc(-c3c(Cl)cc4c(N5CCC6C5CCCN6C(=O)n5cncn5)nc(OC[C@@]56CCCN5C[C@H](F)C6)nc4c3F)c12. The van der Waals surface area contributed by atoms with Crippen molar-refractivity contribution in [2.45, 2.75) is 62.3 Å². The second kappa shape index (κ2) is 12.5. The molecule has 0 aliphatic carbocycles. The zero-order chi connectivity index (χ0) is 35.9. The topological polar surface area (TPSA) is 142 Å². The predicted molar refractivity (Wildman–Crippen MR) is 189 cm³/mol. The highest BCUT2D eigenvalue weighted by Crippen LogP contribution is 2.47. The highest BCUT2D eigenvalue weighted by Gasteiger charge is 2.50. The van der Waals surface area contributed by atoms with Crippen LogP contribution < -0.4 is 15.4 Å². The molecule has 52 heavy (non-hydrogen) atoms. The van der Waals surface area contributed by atoms with E-state index in [2.05, 4.69) is 24.9 Å². The quantitative estimate of drug-likeness (QED) is 0.222. The van der Waals surface area contributed by atoms with E-state index in [0.29, 0.717) is 43.7 Å². The van der Waals surface area contributed by atoms with Gasteiger partial charge in [0.2, 0.25) is 0 Å². The van der Waals surface area contributed by atoms with E-state index in [-0.39, 0.29) is 73.0 Å². The first kappa shape index (κ1) is 33.1. The van der Waals surface area contributed by atoms with E-state index in [1.807, 2.05) is 6.07 Å². The zero-order valence-electron chi connectivity index (χ0n) is 27.7. The van der Waals surface area contributed by atoms with E-state index in [1.165, 1.54) is 29.5 Å². The number of carbonyl (C=O) groups excluding carboxylic acids is 1. The monoisotopic (exact) mass is 748 g/mol. The highest BCUT2D eigenvalue weighted by atomic mass is 35.5. The minimum Gasteiger partial charge on any atom is -0.461 e. The molecule has 4 aliphatic heterocycles. The number of piperidine rings is 1. The molecule has 5 aromatic rings. The molecule has 4 saturated heterocycles. The van der Waals surface area contributed by atoms with E-state index in [4.69, 9.17) is 27.1 Å². The summed E-state index contributed by atoms with van der Waals surface area (Å²) in [6.45, 7) is 2.30. The van der Waals surface area contributed by atoms with Crippen molar-refractivity contribution in [3.8, 4) is 23.2 Å². The molecular weight excluding hydrogens is 717 g/mol. The number of carbonyl (C=O) groups is 1. The molecule has 268 valence electrons. The van der Waals surface area contributed by atoms with E-state index < -0.39 is 23.3 Å². The van der Waals surface area contributed by atoms with E-state index >= 15 is 4.39 Å². The van der Waals surface area contributed by atoms with Crippen LogP contribution in [0.5, 0.6) is 6.01 Å². The lowest BCUT2D eigenvalue weighted by Gasteiger charge is -2.40. The van der Waals surface area contributed by atoms with Crippen LogP contribution in [0.3, 0.4) is 0 Å². The number of nitriles is 1. The van der Waals surface area contributed by atoms with Gasteiger partial charge in [-0.05, 0) is 56.3 Å². The Morgan fingerprint density at radius 1 is 1.17 bits per heavy atom. The first-order valence-electron chi connectivity index (χ1n) is 17.2. The van der Waals surface area contributed by atoms with Crippen molar-refractivity contribution in [3.05, 3.63) is 53.1 Å². The minimum absolute atomic E-state index is 0.00731. The van der Waals surface area contributed by atoms with Gasteiger partial charge in [0.15, 0.2) is 5.82 Å². The second-order valence-corrected chi connectivity index (χ2v) is 15.4. The Balaban J connectivity index is 1.18. The predicted octanol–water partition coefficient (Wildman–Crippen LogP) is 6.16. The summed E-state index contributed by atoms with van der Waals surface area (Å²) in [5.41, 5.74) is 5.68. The van der Waals surface area contributed by atoms with Gasteiger partial charge in [0.05, 0.1) is 32.9 Å². The van der Waals surface area contributed by atoms with Crippen LogP contribution >= 0.6 is 22.9 Å². The molecule has 3 aromatic heterocycles. The van der Waals surface area contributed by atoms with Crippen molar-refractivity contribution in [1.82, 2.24) is 34.5 Å². The normalized spacial score (nSPS) is 24.5. The van der Waals surface area contributed by atoms with Gasteiger partial charge in [0.1, 0.15) is 53.7 Å². The molecule has 0 bridgehead atoms. The lowest BCUT2D eigenvalue weighted by Crippen LogP contribution is -2.53. The van der Waals surface area contributed by atoms with Crippen LogP contribution in [-0.4, -0.2) is 97.1 Å². The highest BCUT2D eigenvalue weighted by molar-refractivity contribution is 7.23. The standard InChI is InChI=1S/C35H32ClF3N10O2S/c36-22-11-20-29(28(39)27(22)19-4-5-23(38)30-26(19)21(13-40)31(41)52-30)44-33(51-15-35-7-2-8-46(35)14-18(37)12-35)45-32(20)47-10-6-25-24(47)3-1-9-48(25)34(50)49-17-42-16-43-49/h4-5,11,16-18,24-25H,1-3,6-10,12,14-15,41H2/t18-,24?,25?,35+/m1/s1. The Labute approximate surface area is 304 Å². The molecule has 2 N–H and O–H groups in total. The molecule has 4 fully saturated rings. The van der Waals surface area contributed by atoms with Gasteiger partial charge in [0.25, 0.3) is 0 Å². The Morgan fingerprint density at radius 3 is 2.85 bits per heavy atom. The van der Waals surface area contributed by atoms with Gasteiger partial charge in [-0.3, -0.25) is 4.90 Å². The number of amides is 1. The number of likely N-dealkylation sites (tertiary alicyclic amines) is 1. The molecule has 0 spiro atoms. The molecule has 4 atom stereocenters. The van der Waals surface area contributed by atoms with Gasteiger partial charge in [-0.2, -0.15) is 25.0 Å². The third kappa shape index (κ3) is 5.07. The number of nitrogens with two attached hydrogens (primary N) is 1. The second-order valence-electron chi connectivity index (χ2n) is 14.0. The number of nitrogens with zero attached hydrogens (tertiary/aromatic N) is 9. The number of benzene rings is 2. The van der Waals surface area contributed by atoms with Crippen LogP contribution in [0.25, 0.3) is 32.1 Å². The molecule has 9 rings (SSSR count). The van der Waals surface area contributed by atoms with Crippen molar-refractivity contribution in [1.29, 1.82) is 5.26 Å². The molecule has 4 aliphatic rings. The summed E-state index contributed by atoms with van der Waals surface area (Å²) in [6.07, 6.45) is 5.84. The number of anilines is 2. The Kier molecular flexibility index (Phi) is 7.94. The fourth-order valence-corrected chi connectivity index (χ4v) is 10.2. The largest absolute Gasteiger partial charge is 0.461 e. The van der Waals surface area contributed by atoms with Crippen molar-refractivity contribution < 1.29 is 22.7 Å². The van der Waals surface area contributed by atoms with Crippen molar-refractivity contribution in [3.63, 3.8) is 0 Å². The number of alkyl halides is 1. The number of hydrogen-bond donors (Lipinski definition) is 1. The fourth-order valence-electron chi connectivity index (χ4n) is 8.97. The maximum absolute atomic E-state index is 17.2. The average molecular weight is 749 g/mol. The van der Waals surface area contributed by atoms with Crippen molar-refractivity contribution in [2.24, 2.45) is 0 Å². The van der Waals surface area contributed by atoms with Crippen LogP contribution in [0.2, 0.25) is 5.02 Å². The molecule has 2 unspecified atom stereocenters. The molecule has 12 nitrogen and oxygen atoms in total. The summed E-state index contributed by atoms with van der Waals surface area (Å²) in [5, 5.41) is 14.6. The molecule has 7 heterocycles. The van der Waals surface area contributed by atoms with Gasteiger partial charge in [0, 0.05) is 42.4 Å². The summed E-state index contributed by atoms with van der Waals surface area (Å²) in [6, 6.07) is 5.51. The lowest BCUT2D eigenvalue weighted by molar-refractivity contribution is 0.107. The maximum Gasteiger partial charge on any atom is 0.346 e. The van der Waals surface area contributed by atoms with E-state index in [0.717, 1.165) is 43.6 Å². The number of rotatable bonds is 5. The summed E-state index contributed by atoms with van der Waals surface area (Å²) < 4.78 is 54.5. The first-order chi connectivity index (χ1) is 25.2. The summed E-state index contributed by atoms with van der Waals surface area (Å²) in [5.74, 6) is -0.998. The number of thiophene rings is 1. The molecule has 1 amide bonds. The van der Waals surface area contributed by atoms with Gasteiger partial charge in [-0.1, -0.05) is 17.7 Å². The zero-order valence-corrected chi connectivity index (χ0v) is 29.3. The fraction of sp³-hybridized carbons (Fsp3) is 0.429. The summed E-state index contributed by atoms with van der Waals surface area (Å²) >= 11 is 7.83. The van der Waals surface area contributed by atoms with Gasteiger partial charge >= 0.3 is 12.0 Å². The molecule has 0 saturated carbocycles. The van der Waals surface area contributed by atoms with Gasteiger partial charge in [-0.25, -0.2) is 22.9 Å². The number of hydrogen-bond acceptors (Lipinski definition) is 11.